The molecule has 0 spiro atoms. The molecule has 23 heavy (non-hydrogen) atoms. The molecule has 1 aromatic heterocycles. The van der Waals surface area contributed by atoms with Gasteiger partial charge in [0.05, 0.1) is 5.94 Å². The number of carbonyl (C=O) groups excluding carboxylic acids is 1. The van der Waals surface area contributed by atoms with Gasteiger partial charge in [0.25, 0.3) is 5.91 Å². The van der Waals surface area contributed by atoms with E-state index in [1.165, 1.54) is 12.3 Å². The minimum absolute atomic E-state index is 0.315. The van der Waals surface area contributed by atoms with E-state index in [2.05, 4.69) is 4.98 Å². The molecule has 2 radical (unpaired) electrons. The summed E-state index contributed by atoms with van der Waals surface area (Å²) in [6.07, 6.45) is 1.39. The highest BCUT2D eigenvalue weighted by Crippen LogP contribution is 2.29. The SMILES string of the molecule is [B]C(NC(=O)c1ncc(-c2cc(Cl)ccc2C)cc1O)C(=O)O. The van der Waals surface area contributed by atoms with Crippen molar-refractivity contribution in [3.63, 3.8) is 0 Å². The van der Waals surface area contributed by atoms with Gasteiger partial charge in [0.15, 0.2) is 5.69 Å². The predicted octanol–water partition coefficient (Wildman–Crippen LogP) is 1.73. The molecule has 3 N–H and O–H groups in total. The number of halogens is 1. The van der Waals surface area contributed by atoms with Crippen LogP contribution >= 0.6 is 11.6 Å². The summed E-state index contributed by atoms with van der Waals surface area (Å²) in [4.78, 5) is 26.4. The number of carboxylic acids is 1. The molecular weight excluding hydrogens is 318 g/mol. The van der Waals surface area contributed by atoms with Crippen LogP contribution in [0.1, 0.15) is 16.1 Å². The first-order chi connectivity index (χ1) is 10.8. The van der Waals surface area contributed by atoms with Crippen molar-refractivity contribution in [1.82, 2.24) is 10.3 Å². The van der Waals surface area contributed by atoms with Gasteiger partial charge < -0.3 is 15.5 Å². The molecular formula is C15H12BClN2O4. The number of pyridine rings is 1. The van der Waals surface area contributed by atoms with Crippen LogP contribution in [0.2, 0.25) is 5.02 Å². The maximum absolute atomic E-state index is 11.9. The molecule has 6 nitrogen and oxygen atoms in total. The molecule has 1 unspecified atom stereocenters. The fourth-order valence-corrected chi connectivity index (χ4v) is 2.12. The van der Waals surface area contributed by atoms with Crippen LogP contribution in [-0.4, -0.2) is 40.9 Å². The maximum atomic E-state index is 11.9. The van der Waals surface area contributed by atoms with Crippen molar-refractivity contribution in [2.45, 2.75) is 12.9 Å². The van der Waals surface area contributed by atoms with Crippen molar-refractivity contribution in [2.75, 3.05) is 0 Å². The van der Waals surface area contributed by atoms with E-state index < -0.39 is 23.6 Å². The lowest BCUT2D eigenvalue weighted by Crippen LogP contribution is -2.41. The van der Waals surface area contributed by atoms with E-state index in [1.54, 1.807) is 12.1 Å². The highest BCUT2D eigenvalue weighted by Gasteiger charge is 2.19. The highest BCUT2D eigenvalue weighted by atomic mass is 35.5. The molecule has 0 aliphatic carbocycles. The average molecular weight is 331 g/mol. The molecule has 8 heteroatoms. The fraction of sp³-hybridized carbons (Fsp3) is 0.133. The zero-order chi connectivity index (χ0) is 17.1. The number of hydrogen-bond donors (Lipinski definition) is 3. The summed E-state index contributed by atoms with van der Waals surface area (Å²) in [6.45, 7) is 1.87. The predicted molar refractivity (Wildman–Crippen MR) is 85.7 cm³/mol. The second kappa shape index (κ2) is 6.70. The fourth-order valence-electron chi connectivity index (χ4n) is 1.95. The number of aliphatic carboxylic acids is 1. The van der Waals surface area contributed by atoms with Gasteiger partial charge in [-0.25, -0.2) is 4.98 Å². The first-order valence-electron chi connectivity index (χ1n) is 6.54. The molecule has 1 aromatic carbocycles. The summed E-state index contributed by atoms with van der Waals surface area (Å²) in [5.41, 5.74) is 1.93. The van der Waals surface area contributed by atoms with Gasteiger partial charge in [-0.1, -0.05) is 17.7 Å². The lowest BCUT2D eigenvalue weighted by atomic mass is 9.96. The Kier molecular flexibility index (Phi) is 4.90. The van der Waals surface area contributed by atoms with Gasteiger partial charge in [-0.15, -0.1) is 0 Å². The molecule has 0 bridgehead atoms. The normalized spacial score (nSPS) is 11.7. The van der Waals surface area contributed by atoms with Crippen LogP contribution in [-0.2, 0) is 4.79 Å². The Hall–Kier alpha value is -2.54. The Morgan fingerprint density at radius 3 is 2.65 bits per heavy atom. The second-order valence-electron chi connectivity index (χ2n) is 4.84. The lowest BCUT2D eigenvalue weighted by Gasteiger charge is -2.11. The van der Waals surface area contributed by atoms with Gasteiger partial charge in [0.1, 0.15) is 13.6 Å². The molecule has 116 valence electrons. The van der Waals surface area contributed by atoms with Crippen molar-refractivity contribution in [3.8, 4) is 16.9 Å². The zero-order valence-corrected chi connectivity index (χ0v) is 12.8. The van der Waals surface area contributed by atoms with Crippen LogP contribution in [0.4, 0.5) is 0 Å². The number of nitrogens with zero attached hydrogens (tertiary/aromatic N) is 1. The summed E-state index contributed by atoms with van der Waals surface area (Å²) in [5.74, 6) is -4.26. The van der Waals surface area contributed by atoms with E-state index in [0.29, 0.717) is 10.6 Å². The first kappa shape index (κ1) is 16.8. The topological polar surface area (TPSA) is 99.5 Å². The van der Waals surface area contributed by atoms with Crippen molar-refractivity contribution in [2.24, 2.45) is 0 Å². The molecule has 0 fully saturated rings. The van der Waals surface area contributed by atoms with Crippen LogP contribution in [0.15, 0.2) is 30.5 Å². The molecule has 2 rings (SSSR count). The molecule has 1 heterocycles. The van der Waals surface area contributed by atoms with Crippen LogP contribution in [0.5, 0.6) is 5.75 Å². The van der Waals surface area contributed by atoms with E-state index in [1.807, 2.05) is 18.3 Å². The van der Waals surface area contributed by atoms with Crippen molar-refractivity contribution in [3.05, 3.63) is 46.7 Å². The largest absolute Gasteiger partial charge is 0.505 e. The molecule has 2 aromatic rings. The third-order valence-electron chi connectivity index (χ3n) is 3.15. The molecule has 1 atom stereocenters. The maximum Gasteiger partial charge on any atom is 0.316 e. The van der Waals surface area contributed by atoms with Crippen LogP contribution in [0, 0.1) is 6.92 Å². The van der Waals surface area contributed by atoms with Gasteiger partial charge in [0, 0.05) is 16.8 Å². The minimum Gasteiger partial charge on any atom is -0.505 e. The number of carbonyl (C=O) groups is 2. The number of aromatic hydroxyl groups is 1. The number of rotatable bonds is 4. The Morgan fingerprint density at radius 2 is 2.04 bits per heavy atom. The third kappa shape index (κ3) is 3.81. The Labute approximate surface area is 138 Å². The summed E-state index contributed by atoms with van der Waals surface area (Å²) in [7, 11) is 5.21. The Morgan fingerprint density at radius 1 is 1.35 bits per heavy atom. The van der Waals surface area contributed by atoms with E-state index >= 15 is 0 Å². The first-order valence-corrected chi connectivity index (χ1v) is 6.92. The number of aryl methyl sites for hydroxylation is 1. The number of hydrogen-bond acceptors (Lipinski definition) is 4. The average Bonchev–Trinajstić information content (AvgIpc) is 2.49. The number of carboxylic acid groups (broad SMARTS) is 1. The second-order valence-corrected chi connectivity index (χ2v) is 5.28. The van der Waals surface area contributed by atoms with Crippen LogP contribution < -0.4 is 5.32 Å². The quantitative estimate of drug-likeness (QED) is 0.741. The highest BCUT2D eigenvalue weighted by molar-refractivity contribution is 6.30. The van der Waals surface area contributed by atoms with Gasteiger partial charge in [-0.2, -0.15) is 0 Å². The smallest absolute Gasteiger partial charge is 0.316 e. The van der Waals surface area contributed by atoms with Gasteiger partial charge >= 0.3 is 5.97 Å². The molecule has 0 saturated heterocycles. The monoisotopic (exact) mass is 330 g/mol. The Bertz CT molecular complexity index is 782. The van der Waals surface area contributed by atoms with E-state index in [0.717, 1.165) is 11.1 Å². The van der Waals surface area contributed by atoms with Crippen molar-refractivity contribution >= 4 is 31.3 Å². The summed E-state index contributed by atoms with van der Waals surface area (Å²) < 4.78 is 0. The van der Waals surface area contributed by atoms with Gasteiger partial charge in [-0.05, 0) is 36.2 Å². The Balaban J connectivity index is 2.33. The zero-order valence-electron chi connectivity index (χ0n) is 12.1. The summed E-state index contributed by atoms with van der Waals surface area (Å²) in [5, 5.41) is 21.2. The van der Waals surface area contributed by atoms with E-state index in [-0.39, 0.29) is 5.69 Å². The number of amides is 1. The summed E-state index contributed by atoms with van der Waals surface area (Å²) >= 11 is 5.96. The molecule has 0 aliphatic heterocycles. The van der Waals surface area contributed by atoms with E-state index in [9.17, 15) is 14.7 Å². The minimum atomic E-state index is -1.58. The summed E-state index contributed by atoms with van der Waals surface area (Å²) in [6, 6.07) is 6.63. The van der Waals surface area contributed by atoms with Crippen LogP contribution in [0.3, 0.4) is 0 Å². The van der Waals surface area contributed by atoms with Crippen molar-refractivity contribution < 1.29 is 19.8 Å². The third-order valence-corrected chi connectivity index (χ3v) is 3.38. The van der Waals surface area contributed by atoms with Crippen LogP contribution in [0.25, 0.3) is 11.1 Å². The molecule has 0 aliphatic rings. The molecule has 0 saturated carbocycles. The number of benzene rings is 1. The number of nitrogens with one attached hydrogen (secondary N) is 1. The number of aromatic nitrogens is 1. The standard InChI is InChI=1S/C15H12BClN2O4/c1-7-2-3-9(17)5-10(7)8-4-11(20)12(18-6-8)14(21)19-13(16)15(22)23/h2-6,13,20H,1H3,(H,19,21)(H,22,23). The van der Waals surface area contributed by atoms with Crippen molar-refractivity contribution in [1.29, 1.82) is 0 Å². The van der Waals surface area contributed by atoms with E-state index in [4.69, 9.17) is 24.6 Å². The van der Waals surface area contributed by atoms with Gasteiger partial charge in [-0.3, -0.25) is 9.59 Å². The van der Waals surface area contributed by atoms with Gasteiger partial charge in [0.2, 0.25) is 0 Å². The lowest BCUT2D eigenvalue weighted by molar-refractivity contribution is -0.137. The molecule has 1 amide bonds.